The van der Waals surface area contributed by atoms with E-state index in [0.717, 1.165) is 0 Å². The van der Waals surface area contributed by atoms with Gasteiger partial charge in [0.1, 0.15) is 22.8 Å². The van der Waals surface area contributed by atoms with Gasteiger partial charge in [0.2, 0.25) is 4.96 Å². The van der Waals surface area contributed by atoms with Gasteiger partial charge in [0.05, 0.1) is 0 Å². The van der Waals surface area contributed by atoms with Crippen molar-refractivity contribution in [2.24, 2.45) is 0 Å². The second kappa shape index (κ2) is 6.22. The standard InChI is InChI=1S/C13H7F8N5OS/c1-5-23-26-9(27)7(8(12(16,17)18)22-10(26)28-5)6-2-3-25(24-6)4-11(14,15)13(19,20)21/h2-3H,4H2,1H3. The molecule has 0 saturated carbocycles. The summed E-state index contributed by atoms with van der Waals surface area (Å²) in [5.74, 6) is -5.17. The molecule has 0 bridgehead atoms. The molecule has 0 saturated heterocycles. The molecule has 152 valence electrons. The van der Waals surface area contributed by atoms with Crippen LogP contribution in [0.15, 0.2) is 17.1 Å². The van der Waals surface area contributed by atoms with Gasteiger partial charge in [-0.25, -0.2) is 4.98 Å². The van der Waals surface area contributed by atoms with Gasteiger partial charge in [-0.3, -0.25) is 9.48 Å². The topological polar surface area (TPSA) is 65.1 Å². The Bertz CT molecular complexity index is 1090. The number of nitrogens with zero attached hydrogens (tertiary/aromatic N) is 5. The van der Waals surface area contributed by atoms with Gasteiger partial charge in [0.25, 0.3) is 5.56 Å². The molecule has 0 aliphatic rings. The molecule has 0 amide bonds. The summed E-state index contributed by atoms with van der Waals surface area (Å²) in [5.41, 5.74) is -4.80. The predicted octanol–water partition coefficient (Wildman–Crippen LogP) is 3.54. The van der Waals surface area contributed by atoms with Crippen LogP contribution in [0.3, 0.4) is 0 Å². The van der Waals surface area contributed by atoms with Crippen molar-refractivity contribution in [3.8, 4) is 11.3 Å². The SMILES string of the molecule is Cc1nn2c(=O)c(-c3ccn(CC(F)(F)C(F)(F)F)n3)c(C(F)(F)F)nc2s1. The Morgan fingerprint density at radius 3 is 2.29 bits per heavy atom. The van der Waals surface area contributed by atoms with Gasteiger partial charge in [0, 0.05) is 6.20 Å². The highest BCUT2D eigenvalue weighted by Crippen LogP contribution is 2.37. The fourth-order valence-electron chi connectivity index (χ4n) is 2.25. The Balaban J connectivity index is 2.15. The zero-order chi connectivity index (χ0) is 21.1. The van der Waals surface area contributed by atoms with Crippen molar-refractivity contribution in [1.82, 2.24) is 24.4 Å². The van der Waals surface area contributed by atoms with Crippen molar-refractivity contribution in [3.63, 3.8) is 0 Å². The van der Waals surface area contributed by atoms with E-state index in [1.165, 1.54) is 6.92 Å². The summed E-state index contributed by atoms with van der Waals surface area (Å²) in [4.78, 5) is 15.4. The number of rotatable bonds is 3. The molecular formula is C13H7F8N5OS. The number of alkyl halides is 8. The maximum atomic E-state index is 13.4. The van der Waals surface area contributed by atoms with E-state index in [1.807, 2.05) is 0 Å². The monoisotopic (exact) mass is 433 g/mol. The lowest BCUT2D eigenvalue weighted by atomic mass is 10.1. The van der Waals surface area contributed by atoms with Crippen LogP contribution in [0.4, 0.5) is 35.1 Å². The normalized spacial score (nSPS) is 13.5. The molecule has 0 unspecified atom stereocenters. The van der Waals surface area contributed by atoms with Gasteiger partial charge in [-0.05, 0) is 13.0 Å². The van der Waals surface area contributed by atoms with E-state index in [0.29, 0.717) is 28.1 Å². The number of aromatic nitrogens is 5. The van der Waals surface area contributed by atoms with Crippen molar-refractivity contribution in [3.05, 3.63) is 33.3 Å². The van der Waals surface area contributed by atoms with E-state index < -0.39 is 47.3 Å². The molecule has 0 spiro atoms. The van der Waals surface area contributed by atoms with Crippen molar-refractivity contribution >= 4 is 16.3 Å². The second-order valence-corrected chi connectivity index (χ2v) is 6.71. The third kappa shape index (κ3) is 3.45. The number of hydrogen-bond donors (Lipinski definition) is 0. The molecule has 3 aromatic rings. The van der Waals surface area contributed by atoms with E-state index in [-0.39, 0.29) is 14.7 Å². The van der Waals surface area contributed by atoms with Crippen molar-refractivity contribution in [1.29, 1.82) is 0 Å². The first-order valence-electron chi connectivity index (χ1n) is 7.17. The Morgan fingerprint density at radius 2 is 1.71 bits per heavy atom. The van der Waals surface area contributed by atoms with Gasteiger partial charge in [-0.15, -0.1) is 0 Å². The van der Waals surface area contributed by atoms with Crippen molar-refractivity contribution in [2.75, 3.05) is 0 Å². The van der Waals surface area contributed by atoms with E-state index in [9.17, 15) is 39.9 Å². The first-order chi connectivity index (χ1) is 12.7. The number of fused-ring (bicyclic) bond motifs is 1. The molecule has 6 nitrogen and oxygen atoms in total. The van der Waals surface area contributed by atoms with E-state index in [1.54, 1.807) is 0 Å². The van der Waals surface area contributed by atoms with Gasteiger partial charge < -0.3 is 0 Å². The Hall–Kier alpha value is -2.58. The van der Waals surface area contributed by atoms with Crippen LogP contribution in [0.25, 0.3) is 16.2 Å². The molecule has 3 rings (SSSR count). The zero-order valence-electron chi connectivity index (χ0n) is 13.4. The Kier molecular flexibility index (Phi) is 4.48. The molecule has 28 heavy (non-hydrogen) atoms. The molecule has 0 aliphatic heterocycles. The smallest absolute Gasteiger partial charge is 0.266 e. The average Bonchev–Trinajstić information content (AvgIpc) is 3.10. The lowest BCUT2D eigenvalue weighted by Gasteiger charge is -2.19. The lowest BCUT2D eigenvalue weighted by molar-refractivity contribution is -0.287. The number of hydrogen-bond acceptors (Lipinski definition) is 5. The van der Waals surface area contributed by atoms with Gasteiger partial charge in [-0.2, -0.15) is 49.8 Å². The average molecular weight is 433 g/mol. The van der Waals surface area contributed by atoms with Crippen LogP contribution in [-0.2, 0) is 12.7 Å². The molecule has 15 heteroatoms. The minimum atomic E-state index is -5.88. The zero-order valence-corrected chi connectivity index (χ0v) is 14.3. The summed E-state index contributed by atoms with van der Waals surface area (Å²) in [6, 6.07) is 0.714. The molecule has 0 aliphatic carbocycles. The number of halogens is 8. The van der Waals surface area contributed by atoms with Gasteiger partial charge in [-0.1, -0.05) is 11.3 Å². The Morgan fingerprint density at radius 1 is 1.07 bits per heavy atom. The van der Waals surface area contributed by atoms with E-state index in [2.05, 4.69) is 15.2 Å². The first-order valence-corrected chi connectivity index (χ1v) is 7.98. The van der Waals surface area contributed by atoms with Crippen LogP contribution < -0.4 is 5.56 Å². The van der Waals surface area contributed by atoms with Crippen LogP contribution in [0, 0.1) is 6.92 Å². The van der Waals surface area contributed by atoms with E-state index >= 15 is 0 Å². The summed E-state index contributed by atoms with van der Waals surface area (Å²) < 4.78 is 104. The summed E-state index contributed by atoms with van der Waals surface area (Å²) in [7, 11) is 0. The highest BCUT2D eigenvalue weighted by molar-refractivity contribution is 7.16. The summed E-state index contributed by atoms with van der Waals surface area (Å²) in [6.07, 6.45) is -10.4. The molecule has 0 aromatic carbocycles. The highest BCUT2D eigenvalue weighted by atomic mass is 32.1. The van der Waals surface area contributed by atoms with Crippen LogP contribution in [-0.4, -0.2) is 36.5 Å². The highest BCUT2D eigenvalue weighted by Gasteiger charge is 2.57. The van der Waals surface area contributed by atoms with Crippen molar-refractivity contribution < 1.29 is 35.1 Å². The molecule has 3 heterocycles. The van der Waals surface area contributed by atoms with Crippen LogP contribution >= 0.6 is 11.3 Å². The van der Waals surface area contributed by atoms with Crippen LogP contribution in [0.5, 0.6) is 0 Å². The van der Waals surface area contributed by atoms with E-state index in [4.69, 9.17) is 0 Å². The molecular weight excluding hydrogens is 426 g/mol. The molecule has 0 N–H and O–H groups in total. The molecule has 0 radical (unpaired) electrons. The summed E-state index contributed by atoms with van der Waals surface area (Å²) in [5, 5.41) is 7.22. The fourth-order valence-corrected chi connectivity index (χ4v) is 2.99. The maximum Gasteiger partial charge on any atom is 0.455 e. The molecule has 0 atom stereocenters. The third-order valence-corrected chi connectivity index (χ3v) is 4.28. The Labute approximate surface area is 153 Å². The van der Waals surface area contributed by atoms with Gasteiger partial charge >= 0.3 is 18.3 Å². The van der Waals surface area contributed by atoms with Crippen molar-refractivity contribution in [2.45, 2.75) is 31.7 Å². The summed E-state index contributed by atoms with van der Waals surface area (Å²) in [6.45, 7) is -0.551. The van der Waals surface area contributed by atoms with Crippen LogP contribution in [0.2, 0.25) is 0 Å². The largest absolute Gasteiger partial charge is 0.455 e. The molecule has 0 fully saturated rings. The fraction of sp³-hybridized carbons (Fsp3) is 0.385. The minimum Gasteiger partial charge on any atom is -0.266 e. The van der Waals surface area contributed by atoms with Crippen LogP contribution in [0.1, 0.15) is 10.7 Å². The number of aryl methyl sites for hydroxylation is 1. The lowest BCUT2D eigenvalue weighted by Crippen LogP contribution is -2.40. The minimum absolute atomic E-state index is 0.101. The van der Waals surface area contributed by atoms with Gasteiger partial charge in [0.15, 0.2) is 5.69 Å². The summed E-state index contributed by atoms with van der Waals surface area (Å²) >= 11 is 0.707. The predicted molar refractivity (Wildman–Crippen MR) is 79.1 cm³/mol. The second-order valence-electron chi connectivity index (χ2n) is 5.55. The maximum absolute atomic E-state index is 13.4. The molecule has 3 aromatic heterocycles. The quantitative estimate of drug-likeness (QED) is 0.593. The third-order valence-electron chi connectivity index (χ3n) is 3.45. The first kappa shape index (κ1) is 20.2.